The number of rotatable bonds is 2. The zero-order valence-electron chi connectivity index (χ0n) is 16.0. The Bertz CT molecular complexity index is 699. The van der Waals surface area contributed by atoms with Crippen LogP contribution in [-0.4, -0.2) is 59.7 Å². The largest absolute Gasteiger partial charge is 0.444 e. The van der Waals surface area contributed by atoms with Gasteiger partial charge >= 0.3 is 6.09 Å². The minimum absolute atomic E-state index is 0. The lowest BCUT2D eigenvalue weighted by Gasteiger charge is -2.36. The summed E-state index contributed by atoms with van der Waals surface area (Å²) in [5, 5.41) is 0. The molecule has 2 unspecified atom stereocenters. The van der Waals surface area contributed by atoms with Crippen molar-refractivity contribution in [1.82, 2.24) is 9.80 Å². The standard InChI is InChI=1S/C19H27FN4O2.HI/c1-19(2,3)26-18(25)24-10-8-23(9-11-24)17(21)22-16-12-14(16)13-6-4-5-7-15(13)20;/h4-7,14,16H,8-12H2,1-3H3,(H2,21,22);1H. The van der Waals surface area contributed by atoms with Gasteiger partial charge in [0.2, 0.25) is 0 Å². The van der Waals surface area contributed by atoms with Crippen molar-refractivity contribution < 1.29 is 13.9 Å². The average Bonchev–Trinajstić information content (AvgIpc) is 3.32. The molecule has 1 aliphatic carbocycles. The van der Waals surface area contributed by atoms with Gasteiger partial charge in [0.15, 0.2) is 5.96 Å². The Labute approximate surface area is 177 Å². The molecule has 0 aromatic heterocycles. The summed E-state index contributed by atoms with van der Waals surface area (Å²) in [5.41, 5.74) is 6.35. The number of nitrogens with two attached hydrogens (primary N) is 1. The van der Waals surface area contributed by atoms with E-state index in [1.54, 1.807) is 11.0 Å². The lowest BCUT2D eigenvalue weighted by atomic mass is 10.1. The van der Waals surface area contributed by atoms with Gasteiger partial charge in [0.25, 0.3) is 0 Å². The van der Waals surface area contributed by atoms with E-state index in [9.17, 15) is 9.18 Å². The second-order valence-corrected chi connectivity index (χ2v) is 7.87. The Morgan fingerprint density at radius 1 is 1.19 bits per heavy atom. The Hall–Kier alpha value is -1.58. The molecule has 2 atom stereocenters. The van der Waals surface area contributed by atoms with Gasteiger partial charge < -0.3 is 20.3 Å². The van der Waals surface area contributed by atoms with Gasteiger partial charge in [0, 0.05) is 32.1 Å². The first-order valence-electron chi connectivity index (χ1n) is 9.05. The van der Waals surface area contributed by atoms with Crippen LogP contribution < -0.4 is 5.73 Å². The molecule has 2 N–H and O–H groups in total. The number of carbonyl (C=O) groups is 1. The van der Waals surface area contributed by atoms with E-state index in [0.717, 1.165) is 6.42 Å². The van der Waals surface area contributed by atoms with Crippen LogP contribution in [0.15, 0.2) is 29.3 Å². The molecule has 0 spiro atoms. The number of aliphatic imine (C=N–C) groups is 1. The Balaban J connectivity index is 0.00000261. The van der Waals surface area contributed by atoms with Crippen molar-refractivity contribution in [1.29, 1.82) is 0 Å². The van der Waals surface area contributed by atoms with Gasteiger partial charge in [-0.25, -0.2) is 14.2 Å². The first-order chi connectivity index (χ1) is 12.2. The topological polar surface area (TPSA) is 71.2 Å². The summed E-state index contributed by atoms with van der Waals surface area (Å²) in [6.45, 7) is 7.89. The van der Waals surface area contributed by atoms with E-state index in [2.05, 4.69) is 4.99 Å². The molecule has 27 heavy (non-hydrogen) atoms. The third-order valence-electron chi connectivity index (χ3n) is 4.61. The fraction of sp³-hybridized carbons (Fsp3) is 0.579. The van der Waals surface area contributed by atoms with E-state index < -0.39 is 5.60 Å². The number of halogens is 2. The fourth-order valence-corrected chi connectivity index (χ4v) is 3.13. The number of benzene rings is 1. The quantitative estimate of drug-likeness (QED) is 0.393. The van der Waals surface area contributed by atoms with E-state index in [0.29, 0.717) is 37.7 Å². The summed E-state index contributed by atoms with van der Waals surface area (Å²) < 4.78 is 19.2. The number of guanidine groups is 1. The smallest absolute Gasteiger partial charge is 0.410 e. The van der Waals surface area contributed by atoms with Gasteiger partial charge in [-0.15, -0.1) is 24.0 Å². The van der Waals surface area contributed by atoms with Crippen molar-refractivity contribution >= 4 is 36.0 Å². The third kappa shape index (κ3) is 5.70. The van der Waals surface area contributed by atoms with Crippen LogP contribution in [0.5, 0.6) is 0 Å². The number of hydrogen-bond acceptors (Lipinski definition) is 3. The first kappa shape index (κ1) is 21.7. The molecule has 150 valence electrons. The summed E-state index contributed by atoms with van der Waals surface area (Å²) in [7, 11) is 0. The highest BCUT2D eigenvalue weighted by Gasteiger charge is 2.40. The first-order valence-corrected chi connectivity index (χ1v) is 9.05. The monoisotopic (exact) mass is 490 g/mol. The predicted octanol–water partition coefficient (Wildman–Crippen LogP) is 3.17. The van der Waals surface area contributed by atoms with Gasteiger partial charge in [-0.2, -0.15) is 0 Å². The molecule has 2 fully saturated rings. The molecule has 0 bridgehead atoms. The number of hydrogen-bond donors (Lipinski definition) is 1. The Kier molecular flexibility index (Phi) is 6.93. The van der Waals surface area contributed by atoms with Crippen LogP contribution in [0.25, 0.3) is 0 Å². The number of piperazine rings is 1. The van der Waals surface area contributed by atoms with Gasteiger partial charge in [-0.3, -0.25) is 0 Å². The number of ether oxygens (including phenoxy) is 1. The zero-order valence-corrected chi connectivity index (χ0v) is 18.4. The van der Waals surface area contributed by atoms with Crippen LogP contribution in [0.2, 0.25) is 0 Å². The van der Waals surface area contributed by atoms with E-state index in [1.165, 1.54) is 6.07 Å². The summed E-state index contributed by atoms with van der Waals surface area (Å²) in [6.07, 6.45) is 0.522. The molecule has 1 saturated heterocycles. The fourth-order valence-electron chi connectivity index (χ4n) is 3.13. The van der Waals surface area contributed by atoms with Gasteiger partial charge in [0.05, 0.1) is 6.04 Å². The van der Waals surface area contributed by atoms with Crippen molar-refractivity contribution in [2.24, 2.45) is 10.7 Å². The molecule has 3 rings (SSSR count). The maximum Gasteiger partial charge on any atom is 0.410 e. The number of nitrogens with zero attached hydrogens (tertiary/aromatic N) is 3. The third-order valence-corrected chi connectivity index (χ3v) is 4.61. The van der Waals surface area contributed by atoms with Crippen molar-refractivity contribution in [2.45, 2.75) is 44.8 Å². The second-order valence-electron chi connectivity index (χ2n) is 7.87. The van der Waals surface area contributed by atoms with E-state index in [4.69, 9.17) is 10.5 Å². The van der Waals surface area contributed by atoms with Crippen LogP contribution in [0.3, 0.4) is 0 Å². The highest BCUT2D eigenvalue weighted by atomic mass is 127. The average molecular weight is 490 g/mol. The molecule has 6 nitrogen and oxygen atoms in total. The van der Waals surface area contributed by atoms with Crippen LogP contribution in [0.1, 0.15) is 38.7 Å². The normalized spacial score (nSPS) is 22.9. The van der Waals surface area contributed by atoms with Gasteiger partial charge in [-0.05, 0) is 38.8 Å². The molecule has 8 heteroatoms. The maximum absolute atomic E-state index is 13.8. The summed E-state index contributed by atoms with van der Waals surface area (Å²) in [6, 6.07) is 6.86. The summed E-state index contributed by atoms with van der Waals surface area (Å²) in [5.74, 6) is 0.398. The number of carbonyl (C=O) groups excluding carboxylic acids is 1. The van der Waals surface area contributed by atoms with Crippen molar-refractivity contribution in [2.75, 3.05) is 26.2 Å². The Morgan fingerprint density at radius 3 is 2.37 bits per heavy atom. The van der Waals surface area contributed by atoms with E-state index in [1.807, 2.05) is 37.8 Å². The summed E-state index contributed by atoms with van der Waals surface area (Å²) in [4.78, 5) is 20.3. The van der Waals surface area contributed by atoms with Crippen molar-refractivity contribution in [3.8, 4) is 0 Å². The van der Waals surface area contributed by atoms with Crippen LogP contribution in [-0.2, 0) is 4.74 Å². The molecule has 1 amide bonds. The zero-order chi connectivity index (χ0) is 18.9. The molecule has 1 saturated carbocycles. The van der Waals surface area contributed by atoms with Crippen LogP contribution in [0.4, 0.5) is 9.18 Å². The molecule has 2 aliphatic rings. The second kappa shape index (κ2) is 8.62. The molecular weight excluding hydrogens is 462 g/mol. The molecule has 1 aliphatic heterocycles. The molecule has 1 aromatic rings. The van der Waals surface area contributed by atoms with Crippen molar-refractivity contribution in [3.05, 3.63) is 35.6 Å². The summed E-state index contributed by atoms with van der Waals surface area (Å²) >= 11 is 0. The van der Waals surface area contributed by atoms with Gasteiger partial charge in [0.1, 0.15) is 11.4 Å². The molecule has 0 radical (unpaired) electrons. The SMILES string of the molecule is CC(C)(C)OC(=O)N1CCN(C(N)=NC2CC2c2ccccc2F)CC1.I. The minimum Gasteiger partial charge on any atom is -0.444 e. The number of amides is 1. The van der Waals surface area contributed by atoms with Gasteiger partial charge in [-0.1, -0.05) is 18.2 Å². The Morgan fingerprint density at radius 2 is 1.78 bits per heavy atom. The molecule has 1 heterocycles. The molecular formula is C19H28FIN4O2. The van der Waals surface area contributed by atoms with E-state index >= 15 is 0 Å². The predicted molar refractivity (Wildman–Crippen MR) is 114 cm³/mol. The highest BCUT2D eigenvalue weighted by molar-refractivity contribution is 14.0. The molecule has 1 aromatic carbocycles. The van der Waals surface area contributed by atoms with Crippen LogP contribution >= 0.6 is 24.0 Å². The lowest BCUT2D eigenvalue weighted by molar-refractivity contribution is 0.0186. The highest BCUT2D eigenvalue weighted by Crippen LogP contribution is 2.44. The van der Waals surface area contributed by atoms with Crippen LogP contribution in [0, 0.1) is 5.82 Å². The van der Waals surface area contributed by atoms with E-state index in [-0.39, 0.29) is 47.8 Å². The van der Waals surface area contributed by atoms with Crippen molar-refractivity contribution in [3.63, 3.8) is 0 Å². The lowest BCUT2D eigenvalue weighted by Crippen LogP contribution is -2.53. The maximum atomic E-state index is 13.8. The minimum atomic E-state index is -0.498.